The highest BCUT2D eigenvalue weighted by Crippen LogP contribution is 2.26. The van der Waals surface area contributed by atoms with Crippen LogP contribution < -0.4 is 10.6 Å². The molecule has 4 aromatic rings. The van der Waals surface area contributed by atoms with Crippen LogP contribution in [0.15, 0.2) is 73.3 Å². The van der Waals surface area contributed by atoms with E-state index in [1.165, 1.54) is 21.5 Å². The van der Waals surface area contributed by atoms with Gasteiger partial charge in [0.15, 0.2) is 0 Å². The van der Waals surface area contributed by atoms with Gasteiger partial charge in [0.2, 0.25) is 0 Å². The van der Waals surface area contributed by atoms with Gasteiger partial charge in [0, 0.05) is 16.2 Å². The monoisotopic (exact) mass is 392 g/mol. The molecular formula is C28H28N2. The number of nitrogens with zero attached hydrogens (tertiary/aromatic N) is 2. The van der Waals surface area contributed by atoms with E-state index < -0.39 is 0 Å². The minimum atomic E-state index is 0.908. The van der Waals surface area contributed by atoms with E-state index in [0.717, 1.165) is 41.1 Å². The number of hydrogen-bond donors (Lipinski definition) is 0. The average molecular weight is 393 g/mol. The lowest BCUT2D eigenvalue weighted by atomic mass is 10.0. The highest BCUT2D eigenvalue weighted by Gasteiger charge is 2.13. The quantitative estimate of drug-likeness (QED) is 0.401. The van der Waals surface area contributed by atoms with Crippen LogP contribution in [0, 0.1) is 0 Å². The number of pyridine rings is 1. The smallest absolute Gasteiger partial charge is 0.138 e. The van der Waals surface area contributed by atoms with Crippen molar-refractivity contribution in [3.8, 4) is 17.1 Å². The summed E-state index contributed by atoms with van der Waals surface area (Å²) in [5, 5.41) is 3.72. The highest BCUT2D eigenvalue weighted by atomic mass is 15.1. The molecule has 0 aliphatic rings. The number of benzene rings is 2. The molecule has 2 heteroatoms. The van der Waals surface area contributed by atoms with Crippen molar-refractivity contribution in [2.24, 2.45) is 0 Å². The molecule has 0 aliphatic heterocycles. The molecule has 4 rings (SSSR count). The topological polar surface area (TPSA) is 17.8 Å². The van der Waals surface area contributed by atoms with Crippen LogP contribution in [0.5, 0.6) is 0 Å². The van der Waals surface area contributed by atoms with Crippen molar-refractivity contribution in [2.45, 2.75) is 33.6 Å². The van der Waals surface area contributed by atoms with Crippen molar-refractivity contribution in [2.75, 3.05) is 0 Å². The Morgan fingerprint density at radius 3 is 2.43 bits per heavy atom. The summed E-state index contributed by atoms with van der Waals surface area (Å²) < 4.78 is 2.29. The molecule has 0 radical (unpaired) electrons. The minimum absolute atomic E-state index is 0.908. The summed E-state index contributed by atoms with van der Waals surface area (Å²) in [6.45, 7) is 10.7. The second kappa shape index (κ2) is 8.54. The maximum atomic E-state index is 5.11. The normalized spacial score (nSPS) is 12.6. The summed E-state index contributed by atoms with van der Waals surface area (Å²) in [5.74, 6) is 0.931. The lowest BCUT2D eigenvalue weighted by molar-refractivity contribution is 1.000. The number of hydrogen-bond acceptors (Lipinski definition) is 1. The first-order valence-electron chi connectivity index (χ1n) is 10.7. The molecule has 30 heavy (non-hydrogen) atoms. The third kappa shape index (κ3) is 3.50. The van der Waals surface area contributed by atoms with E-state index in [2.05, 4.69) is 105 Å². The Balaban J connectivity index is 2.10. The SMILES string of the molecule is C=C(CC)c1cc(-c2ccccc2)nc(-n2c(=CC)c(=CCC)c3ccccc32)c1. The lowest BCUT2D eigenvalue weighted by Crippen LogP contribution is -2.28. The second-order valence-corrected chi connectivity index (χ2v) is 7.47. The van der Waals surface area contributed by atoms with Gasteiger partial charge in [-0.1, -0.05) is 81.1 Å². The van der Waals surface area contributed by atoms with E-state index in [1.54, 1.807) is 0 Å². The van der Waals surface area contributed by atoms with Crippen molar-refractivity contribution in [3.05, 3.63) is 89.4 Å². The van der Waals surface area contributed by atoms with Crippen LogP contribution in [0.25, 0.3) is 45.7 Å². The van der Waals surface area contributed by atoms with Crippen LogP contribution in [-0.2, 0) is 0 Å². The van der Waals surface area contributed by atoms with Gasteiger partial charge in [-0.05, 0) is 49.1 Å². The zero-order chi connectivity index (χ0) is 21.1. The maximum Gasteiger partial charge on any atom is 0.138 e. The molecule has 0 spiro atoms. The minimum Gasteiger partial charge on any atom is -0.294 e. The predicted octanol–water partition coefficient (Wildman–Crippen LogP) is 6.11. The van der Waals surface area contributed by atoms with E-state index in [1.807, 2.05) is 6.07 Å². The number of aromatic nitrogens is 2. The first-order chi connectivity index (χ1) is 14.7. The fourth-order valence-electron chi connectivity index (χ4n) is 4.03. The summed E-state index contributed by atoms with van der Waals surface area (Å²) in [7, 11) is 0. The summed E-state index contributed by atoms with van der Waals surface area (Å²) in [4.78, 5) is 5.11. The number of rotatable bonds is 5. The Labute approximate surface area is 178 Å². The molecule has 150 valence electrons. The molecule has 2 heterocycles. The van der Waals surface area contributed by atoms with E-state index in [0.29, 0.717) is 0 Å². The molecule has 2 nitrogen and oxygen atoms in total. The van der Waals surface area contributed by atoms with Crippen molar-refractivity contribution in [3.63, 3.8) is 0 Å². The number of para-hydroxylation sites is 1. The van der Waals surface area contributed by atoms with Crippen LogP contribution in [0.1, 0.15) is 39.2 Å². The van der Waals surface area contributed by atoms with E-state index >= 15 is 0 Å². The molecule has 2 aromatic carbocycles. The third-order valence-corrected chi connectivity index (χ3v) is 5.58. The average Bonchev–Trinajstić information content (AvgIpc) is 3.12. The van der Waals surface area contributed by atoms with Gasteiger partial charge in [-0.25, -0.2) is 4.98 Å². The molecule has 0 atom stereocenters. The molecular weight excluding hydrogens is 364 g/mol. The van der Waals surface area contributed by atoms with Crippen LogP contribution in [-0.4, -0.2) is 9.55 Å². The van der Waals surface area contributed by atoms with Crippen molar-refractivity contribution in [1.82, 2.24) is 9.55 Å². The predicted molar refractivity (Wildman–Crippen MR) is 130 cm³/mol. The summed E-state index contributed by atoms with van der Waals surface area (Å²) in [5.41, 5.74) is 5.52. The standard InChI is InChI=1S/C28H28N2/c1-5-13-23-24-16-11-12-17-27(24)30(26(23)7-3)28-19-22(20(4)6-2)18-25(29-28)21-14-9-8-10-15-21/h7-19H,4-6H2,1-3H3. The molecule has 0 unspecified atom stereocenters. The van der Waals surface area contributed by atoms with Gasteiger partial charge in [0.05, 0.1) is 16.6 Å². The Kier molecular flexibility index (Phi) is 5.67. The fraction of sp³-hybridized carbons (Fsp3) is 0.179. The van der Waals surface area contributed by atoms with Gasteiger partial charge in [0.1, 0.15) is 5.82 Å². The van der Waals surface area contributed by atoms with Gasteiger partial charge >= 0.3 is 0 Å². The van der Waals surface area contributed by atoms with Gasteiger partial charge in [-0.15, -0.1) is 0 Å². The van der Waals surface area contributed by atoms with Gasteiger partial charge in [0.25, 0.3) is 0 Å². The Morgan fingerprint density at radius 1 is 1.00 bits per heavy atom. The fourth-order valence-corrected chi connectivity index (χ4v) is 4.03. The van der Waals surface area contributed by atoms with Crippen molar-refractivity contribution < 1.29 is 0 Å². The first kappa shape index (κ1) is 19.9. The second-order valence-electron chi connectivity index (χ2n) is 7.47. The van der Waals surface area contributed by atoms with E-state index in [-0.39, 0.29) is 0 Å². The Morgan fingerprint density at radius 2 is 1.73 bits per heavy atom. The highest BCUT2D eigenvalue weighted by molar-refractivity contribution is 5.84. The van der Waals surface area contributed by atoms with Crippen molar-refractivity contribution >= 4 is 28.6 Å². The molecule has 0 saturated heterocycles. The zero-order valence-corrected chi connectivity index (χ0v) is 18.0. The molecule has 0 fully saturated rings. The molecule has 0 N–H and O–H groups in total. The van der Waals surface area contributed by atoms with Crippen molar-refractivity contribution in [1.29, 1.82) is 0 Å². The van der Waals surface area contributed by atoms with Gasteiger partial charge in [-0.2, -0.15) is 0 Å². The van der Waals surface area contributed by atoms with Crippen LogP contribution in [0.2, 0.25) is 0 Å². The molecule has 0 amide bonds. The zero-order valence-electron chi connectivity index (χ0n) is 18.0. The van der Waals surface area contributed by atoms with E-state index in [4.69, 9.17) is 4.98 Å². The molecule has 2 aromatic heterocycles. The third-order valence-electron chi connectivity index (χ3n) is 5.58. The Hall–Kier alpha value is -3.39. The van der Waals surface area contributed by atoms with Crippen LogP contribution in [0.3, 0.4) is 0 Å². The number of allylic oxidation sites excluding steroid dienone is 1. The molecule has 0 saturated carbocycles. The first-order valence-corrected chi connectivity index (χ1v) is 10.7. The van der Waals surface area contributed by atoms with E-state index in [9.17, 15) is 0 Å². The summed E-state index contributed by atoms with van der Waals surface area (Å²) in [6.07, 6.45) is 6.39. The molecule has 0 bridgehead atoms. The Bertz CT molecular complexity index is 1320. The van der Waals surface area contributed by atoms with Gasteiger partial charge < -0.3 is 0 Å². The maximum absolute atomic E-state index is 5.11. The summed E-state index contributed by atoms with van der Waals surface area (Å²) in [6, 6.07) is 23.3. The van der Waals surface area contributed by atoms with Crippen LogP contribution in [0.4, 0.5) is 0 Å². The van der Waals surface area contributed by atoms with Crippen LogP contribution >= 0.6 is 0 Å². The summed E-state index contributed by atoms with van der Waals surface area (Å²) >= 11 is 0. The molecule has 0 aliphatic carbocycles. The van der Waals surface area contributed by atoms with Gasteiger partial charge in [-0.3, -0.25) is 4.57 Å². The largest absolute Gasteiger partial charge is 0.294 e. The lowest BCUT2D eigenvalue weighted by Gasteiger charge is -2.13. The number of fused-ring (bicyclic) bond motifs is 1.